The van der Waals surface area contributed by atoms with Gasteiger partial charge in [0.25, 0.3) is 0 Å². The Balaban J connectivity index is 2.30. The molecule has 2 N–H and O–H groups in total. The summed E-state index contributed by atoms with van der Waals surface area (Å²) in [4.78, 5) is 10.1. The molecule has 0 saturated carbocycles. The number of hydrogen-bond donors (Lipinski definition) is 1. The van der Waals surface area contributed by atoms with E-state index in [2.05, 4.69) is 12.1 Å². The van der Waals surface area contributed by atoms with Crippen molar-refractivity contribution in [1.29, 1.82) is 0 Å². The van der Waals surface area contributed by atoms with Crippen molar-refractivity contribution in [3.05, 3.63) is 35.9 Å². The number of carbonyl (C=O) groups excluding carboxylic acids is 1. The molecule has 0 aliphatic carbocycles. The lowest BCUT2D eigenvalue weighted by molar-refractivity contribution is -0.108. The summed E-state index contributed by atoms with van der Waals surface area (Å²) in [6, 6.07) is 10.2. The van der Waals surface area contributed by atoms with Gasteiger partial charge >= 0.3 is 0 Å². The van der Waals surface area contributed by atoms with Crippen LogP contribution in [0, 0.1) is 0 Å². The predicted molar refractivity (Wildman–Crippen MR) is 53.4 cm³/mol. The van der Waals surface area contributed by atoms with Gasteiger partial charge in [0.15, 0.2) is 0 Å². The lowest BCUT2D eigenvalue weighted by Crippen LogP contribution is -2.20. The highest BCUT2D eigenvalue weighted by Gasteiger charge is 2.01. The Morgan fingerprint density at radius 1 is 1.31 bits per heavy atom. The molecule has 0 aliphatic heterocycles. The summed E-state index contributed by atoms with van der Waals surface area (Å²) in [6.45, 7) is 0. The average molecular weight is 177 g/mol. The lowest BCUT2D eigenvalue weighted by atomic mass is 10.0. The van der Waals surface area contributed by atoms with E-state index in [4.69, 9.17) is 5.73 Å². The van der Waals surface area contributed by atoms with Crippen LogP contribution in [0.15, 0.2) is 30.3 Å². The van der Waals surface area contributed by atoms with Crippen molar-refractivity contribution in [2.24, 2.45) is 5.73 Å². The van der Waals surface area contributed by atoms with Crippen molar-refractivity contribution >= 4 is 6.29 Å². The number of aldehydes is 1. The summed E-state index contributed by atoms with van der Waals surface area (Å²) in [5.74, 6) is 0. The number of rotatable bonds is 5. The maximum atomic E-state index is 10.1. The molecule has 2 nitrogen and oxygen atoms in total. The van der Waals surface area contributed by atoms with E-state index in [-0.39, 0.29) is 6.04 Å². The Hall–Kier alpha value is -1.15. The van der Waals surface area contributed by atoms with Gasteiger partial charge in [0.05, 0.1) is 0 Å². The Kier molecular flexibility index (Phi) is 4.19. The Labute approximate surface area is 78.8 Å². The number of carbonyl (C=O) groups is 1. The first kappa shape index (κ1) is 9.93. The highest BCUT2D eigenvalue weighted by Crippen LogP contribution is 2.04. The zero-order valence-electron chi connectivity index (χ0n) is 7.65. The largest absolute Gasteiger partial charge is 0.327 e. The highest BCUT2D eigenvalue weighted by atomic mass is 16.1. The zero-order chi connectivity index (χ0) is 9.52. The molecule has 1 atom stereocenters. The van der Waals surface area contributed by atoms with Gasteiger partial charge in [0.2, 0.25) is 0 Å². The molecule has 0 saturated heterocycles. The summed E-state index contributed by atoms with van der Waals surface area (Å²) >= 11 is 0. The maximum Gasteiger partial charge on any atom is 0.121 e. The normalized spacial score (nSPS) is 12.4. The molecule has 0 bridgehead atoms. The van der Waals surface area contributed by atoms with Crippen LogP contribution in [0.1, 0.15) is 18.4 Å². The van der Waals surface area contributed by atoms with E-state index < -0.39 is 0 Å². The molecule has 1 aromatic rings. The molecule has 0 aliphatic rings. The van der Waals surface area contributed by atoms with Crippen LogP contribution in [0.25, 0.3) is 0 Å². The van der Waals surface area contributed by atoms with Gasteiger partial charge in [0, 0.05) is 12.5 Å². The van der Waals surface area contributed by atoms with E-state index in [1.54, 1.807) is 0 Å². The van der Waals surface area contributed by atoms with Gasteiger partial charge in [-0.25, -0.2) is 0 Å². The second-order valence-electron chi connectivity index (χ2n) is 3.19. The Bertz CT molecular complexity index is 246. The fraction of sp³-hybridized carbons (Fsp3) is 0.364. The number of benzene rings is 1. The first-order valence-electron chi connectivity index (χ1n) is 4.56. The van der Waals surface area contributed by atoms with Crippen LogP contribution >= 0.6 is 0 Å². The van der Waals surface area contributed by atoms with Gasteiger partial charge in [-0.15, -0.1) is 0 Å². The SMILES string of the molecule is NC(CC=O)CCc1ccccc1. The Morgan fingerprint density at radius 3 is 2.62 bits per heavy atom. The molecule has 70 valence electrons. The monoisotopic (exact) mass is 177 g/mol. The third-order valence-electron chi connectivity index (χ3n) is 2.05. The van der Waals surface area contributed by atoms with Gasteiger partial charge < -0.3 is 10.5 Å². The topological polar surface area (TPSA) is 43.1 Å². The molecule has 0 fully saturated rings. The van der Waals surface area contributed by atoms with Crippen LogP contribution in [-0.4, -0.2) is 12.3 Å². The van der Waals surface area contributed by atoms with Crippen LogP contribution in [-0.2, 0) is 11.2 Å². The number of aryl methyl sites for hydroxylation is 1. The summed E-state index contributed by atoms with van der Waals surface area (Å²) in [5.41, 5.74) is 6.98. The molecule has 0 amide bonds. The van der Waals surface area contributed by atoms with Crippen molar-refractivity contribution in [3.8, 4) is 0 Å². The van der Waals surface area contributed by atoms with Crippen LogP contribution in [0.3, 0.4) is 0 Å². The second-order valence-corrected chi connectivity index (χ2v) is 3.19. The summed E-state index contributed by atoms with van der Waals surface area (Å²) in [7, 11) is 0. The summed E-state index contributed by atoms with van der Waals surface area (Å²) < 4.78 is 0. The minimum absolute atomic E-state index is 0.0118. The minimum Gasteiger partial charge on any atom is -0.327 e. The first-order valence-corrected chi connectivity index (χ1v) is 4.56. The zero-order valence-corrected chi connectivity index (χ0v) is 7.65. The van der Waals surface area contributed by atoms with Crippen molar-refractivity contribution in [1.82, 2.24) is 0 Å². The van der Waals surface area contributed by atoms with Crippen LogP contribution in [0.5, 0.6) is 0 Å². The molecule has 1 unspecified atom stereocenters. The van der Waals surface area contributed by atoms with E-state index in [1.165, 1.54) is 5.56 Å². The van der Waals surface area contributed by atoms with E-state index in [9.17, 15) is 4.79 Å². The van der Waals surface area contributed by atoms with E-state index in [1.807, 2.05) is 18.2 Å². The third-order valence-corrected chi connectivity index (χ3v) is 2.05. The van der Waals surface area contributed by atoms with Gasteiger partial charge in [-0.2, -0.15) is 0 Å². The van der Waals surface area contributed by atoms with Crippen molar-refractivity contribution in [2.75, 3.05) is 0 Å². The molecular formula is C11H15NO. The van der Waals surface area contributed by atoms with Crippen molar-refractivity contribution in [3.63, 3.8) is 0 Å². The fourth-order valence-electron chi connectivity index (χ4n) is 1.24. The predicted octanol–water partition coefficient (Wildman–Crippen LogP) is 1.54. The standard InChI is InChI=1S/C11H15NO/c12-11(8-9-13)7-6-10-4-2-1-3-5-10/h1-5,9,11H,6-8,12H2. The van der Waals surface area contributed by atoms with Crippen molar-refractivity contribution < 1.29 is 4.79 Å². The molecule has 13 heavy (non-hydrogen) atoms. The second kappa shape index (κ2) is 5.49. The molecule has 1 aromatic carbocycles. The third kappa shape index (κ3) is 3.85. The number of nitrogens with two attached hydrogens (primary N) is 1. The molecule has 2 heteroatoms. The first-order chi connectivity index (χ1) is 6.33. The molecular weight excluding hydrogens is 162 g/mol. The molecule has 0 spiro atoms. The maximum absolute atomic E-state index is 10.1. The van der Waals surface area contributed by atoms with E-state index in [0.29, 0.717) is 6.42 Å². The Morgan fingerprint density at radius 2 is 2.00 bits per heavy atom. The summed E-state index contributed by atoms with van der Waals surface area (Å²) in [5, 5.41) is 0. The van der Waals surface area contributed by atoms with Crippen molar-refractivity contribution in [2.45, 2.75) is 25.3 Å². The smallest absolute Gasteiger partial charge is 0.121 e. The number of hydrogen-bond acceptors (Lipinski definition) is 2. The highest BCUT2D eigenvalue weighted by molar-refractivity contribution is 5.50. The molecule has 0 aromatic heterocycles. The van der Waals surface area contributed by atoms with E-state index >= 15 is 0 Å². The summed E-state index contributed by atoms with van der Waals surface area (Å²) in [6.07, 6.45) is 3.18. The van der Waals surface area contributed by atoms with E-state index in [0.717, 1.165) is 19.1 Å². The molecule has 1 rings (SSSR count). The van der Waals surface area contributed by atoms with Crippen LogP contribution in [0.2, 0.25) is 0 Å². The quantitative estimate of drug-likeness (QED) is 0.693. The minimum atomic E-state index is 0.0118. The fourth-order valence-corrected chi connectivity index (χ4v) is 1.24. The van der Waals surface area contributed by atoms with Gasteiger partial charge in [-0.1, -0.05) is 30.3 Å². The van der Waals surface area contributed by atoms with Crippen LogP contribution < -0.4 is 5.73 Å². The van der Waals surface area contributed by atoms with Gasteiger partial charge in [-0.05, 0) is 18.4 Å². The van der Waals surface area contributed by atoms with Gasteiger partial charge in [0.1, 0.15) is 6.29 Å². The molecule has 0 radical (unpaired) electrons. The lowest BCUT2D eigenvalue weighted by Gasteiger charge is -2.06. The average Bonchev–Trinajstić information content (AvgIpc) is 2.17. The van der Waals surface area contributed by atoms with Gasteiger partial charge in [-0.3, -0.25) is 0 Å². The van der Waals surface area contributed by atoms with Crippen LogP contribution in [0.4, 0.5) is 0 Å². The molecule has 0 heterocycles.